The third-order valence-corrected chi connectivity index (χ3v) is 3.37. The highest BCUT2D eigenvalue weighted by atomic mass is 19.1. The van der Waals surface area contributed by atoms with Crippen molar-refractivity contribution < 1.29 is 4.39 Å². The van der Waals surface area contributed by atoms with Crippen LogP contribution in [0.15, 0.2) is 36.4 Å². The van der Waals surface area contributed by atoms with Crippen LogP contribution in [0.25, 0.3) is 10.8 Å². The lowest BCUT2D eigenvalue weighted by Gasteiger charge is -2.26. The van der Waals surface area contributed by atoms with Crippen molar-refractivity contribution in [3.8, 4) is 0 Å². The van der Waals surface area contributed by atoms with Crippen molar-refractivity contribution >= 4 is 10.8 Å². The van der Waals surface area contributed by atoms with Crippen LogP contribution in [0.5, 0.6) is 0 Å². The Morgan fingerprint density at radius 2 is 1.71 bits per heavy atom. The zero-order valence-electron chi connectivity index (χ0n) is 10.3. The van der Waals surface area contributed by atoms with E-state index in [1.807, 2.05) is 30.3 Å². The molecule has 0 unspecified atom stereocenters. The van der Waals surface area contributed by atoms with Crippen molar-refractivity contribution in [2.75, 3.05) is 6.54 Å². The number of benzene rings is 2. The highest BCUT2D eigenvalue weighted by Crippen LogP contribution is 2.33. The van der Waals surface area contributed by atoms with Crippen LogP contribution >= 0.6 is 0 Å². The first-order valence-electron chi connectivity index (χ1n) is 5.94. The van der Waals surface area contributed by atoms with Crippen molar-refractivity contribution in [1.29, 1.82) is 0 Å². The zero-order chi connectivity index (χ0) is 12.5. The molecule has 0 saturated carbocycles. The third-order valence-electron chi connectivity index (χ3n) is 3.37. The molecule has 0 aliphatic heterocycles. The molecule has 0 radical (unpaired) electrons. The Labute approximate surface area is 101 Å². The van der Waals surface area contributed by atoms with E-state index >= 15 is 0 Å². The van der Waals surface area contributed by atoms with Gasteiger partial charge < -0.3 is 5.73 Å². The van der Waals surface area contributed by atoms with Gasteiger partial charge in [-0.3, -0.25) is 0 Å². The van der Waals surface area contributed by atoms with E-state index in [1.54, 1.807) is 6.07 Å². The molecule has 2 aromatic carbocycles. The summed E-state index contributed by atoms with van der Waals surface area (Å²) in [6.07, 6.45) is 0.891. The maximum absolute atomic E-state index is 13.7. The fraction of sp³-hybridized carbons (Fsp3) is 0.333. The van der Waals surface area contributed by atoms with Crippen molar-refractivity contribution in [2.45, 2.75) is 25.7 Å². The van der Waals surface area contributed by atoms with Gasteiger partial charge in [0.2, 0.25) is 0 Å². The number of rotatable bonds is 3. The SMILES string of the molecule is CC(C)(CCN)c1ccc(F)c2ccccc12. The Balaban J connectivity index is 2.67. The molecule has 90 valence electrons. The maximum atomic E-state index is 13.7. The first kappa shape index (κ1) is 12.1. The van der Waals surface area contributed by atoms with E-state index in [-0.39, 0.29) is 11.2 Å². The maximum Gasteiger partial charge on any atom is 0.131 e. The lowest BCUT2D eigenvalue weighted by atomic mass is 9.79. The molecule has 0 bridgehead atoms. The van der Waals surface area contributed by atoms with Crippen LogP contribution in [-0.2, 0) is 5.41 Å². The lowest BCUT2D eigenvalue weighted by Crippen LogP contribution is -2.22. The molecule has 0 heterocycles. The Morgan fingerprint density at radius 1 is 1.06 bits per heavy atom. The van der Waals surface area contributed by atoms with Crippen LogP contribution in [0.2, 0.25) is 0 Å². The van der Waals surface area contributed by atoms with E-state index in [1.165, 1.54) is 5.56 Å². The predicted molar refractivity (Wildman–Crippen MR) is 70.6 cm³/mol. The third kappa shape index (κ3) is 2.18. The molecule has 17 heavy (non-hydrogen) atoms. The first-order chi connectivity index (χ1) is 8.06. The van der Waals surface area contributed by atoms with E-state index in [0.717, 1.165) is 11.8 Å². The molecule has 0 fully saturated rings. The molecule has 0 amide bonds. The van der Waals surface area contributed by atoms with E-state index in [4.69, 9.17) is 5.73 Å². The molecule has 2 heteroatoms. The second-order valence-electron chi connectivity index (χ2n) is 5.06. The highest BCUT2D eigenvalue weighted by molar-refractivity contribution is 5.87. The van der Waals surface area contributed by atoms with E-state index < -0.39 is 0 Å². The monoisotopic (exact) mass is 231 g/mol. The van der Waals surface area contributed by atoms with Gasteiger partial charge in [-0.25, -0.2) is 4.39 Å². The minimum absolute atomic E-state index is 0.0257. The molecule has 0 spiro atoms. The largest absolute Gasteiger partial charge is 0.330 e. The van der Waals surface area contributed by atoms with Crippen LogP contribution in [-0.4, -0.2) is 6.54 Å². The summed E-state index contributed by atoms with van der Waals surface area (Å²) in [4.78, 5) is 0. The van der Waals surface area contributed by atoms with Crippen LogP contribution in [0.1, 0.15) is 25.8 Å². The van der Waals surface area contributed by atoms with Crippen LogP contribution in [0, 0.1) is 5.82 Å². The minimum atomic E-state index is -0.159. The molecular weight excluding hydrogens is 213 g/mol. The fourth-order valence-electron chi connectivity index (χ4n) is 2.35. The zero-order valence-corrected chi connectivity index (χ0v) is 10.3. The van der Waals surface area contributed by atoms with Gasteiger partial charge in [-0.2, -0.15) is 0 Å². The second-order valence-corrected chi connectivity index (χ2v) is 5.06. The summed E-state index contributed by atoms with van der Waals surface area (Å²) in [6, 6.07) is 11.1. The number of hydrogen-bond donors (Lipinski definition) is 1. The van der Waals surface area contributed by atoms with Crippen molar-refractivity contribution in [3.63, 3.8) is 0 Å². The van der Waals surface area contributed by atoms with Gasteiger partial charge in [0, 0.05) is 5.39 Å². The minimum Gasteiger partial charge on any atom is -0.330 e. The Kier molecular flexibility index (Phi) is 3.16. The first-order valence-corrected chi connectivity index (χ1v) is 5.94. The van der Waals surface area contributed by atoms with Gasteiger partial charge in [0.1, 0.15) is 5.82 Å². The molecule has 0 aromatic heterocycles. The molecule has 2 aromatic rings. The summed E-state index contributed by atoms with van der Waals surface area (Å²) < 4.78 is 13.7. The number of fused-ring (bicyclic) bond motifs is 1. The number of hydrogen-bond acceptors (Lipinski definition) is 1. The Morgan fingerprint density at radius 3 is 2.35 bits per heavy atom. The summed E-state index contributed by atoms with van der Waals surface area (Å²) in [6.45, 7) is 4.94. The van der Waals surface area contributed by atoms with E-state index in [0.29, 0.717) is 11.9 Å². The van der Waals surface area contributed by atoms with Crippen molar-refractivity contribution in [3.05, 3.63) is 47.8 Å². The topological polar surface area (TPSA) is 26.0 Å². The van der Waals surface area contributed by atoms with Gasteiger partial charge >= 0.3 is 0 Å². The molecular formula is C15H18FN. The summed E-state index contributed by atoms with van der Waals surface area (Å²) in [5, 5.41) is 1.68. The molecule has 0 aliphatic carbocycles. The summed E-state index contributed by atoms with van der Waals surface area (Å²) in [5.41, 5.74) is 6.79. The summed E-state index contributed by atoms with van der Waals surface area (Å²) >= 11 is 0. The normalized spacial score (nSPS) is 12.0. The van der Waals surface area contributed by atoms with Crippen LogP contribution in [0.4, 0.5) is 4.39 Å². The number of halogens is 1. The van der Waals surface area contributed by atoms with E-state index in [2.05, 4.69) is 13.8 Å². The second kappa shape index (κ2) is 4.46. The van der Waals surface area contributed by atoms with E-state index in [9.17, 15) is 4.39 Å². The molecule has 2 rings (SSSR count). The standard InChI is InChI=1S/C15H18FN/c1-15(2,9-10-17)13-7-8-14(16)12-6-4-3-5-11(12)13/h3-8H,9-10,17H2,1-2H3. The molecule has 0 saturated heterocycles. The van der Waals surface area contributed by atoms with Gasteiger partial charge in [-0.1, -0.05) is 44.2 Å². The van der Waals surface area contributed by atoms with Crippen LogP contribution in [0.3, 0.4) is 0 Å². The lowest BCUT2D eigenvalue weighted by molar-refractivity contribution is 0.491. The van der Waals surface area contributed by atoms with Gasteiger partial charge in [0.15, 0.2) is 0 Å². The highest BCUT2D eigenvalue weighted by Gasteiger charge is 2.22. The van der Waals surface area contributed by atoms with Gasteiger partial charge in [0.05, 0.1) is 0 Å². The summed E-state index contributed by atoms with van der Waals surface area (Å²) in [5.74, 6) is -0.159. The molecule has 0 aliphatic rings. The smallest absolute Gasteiger partial charge is 0.131 e. The average Bonchev–Trinajstić information content (AvgIpc) is 2.29. The summed E-state index contributed by atoms with van der Waals surface area (Å²) in [7, 11) is 0. The van der Waals surface area contributed by atoms with Crippen LogP contribution < -0.4 is 5.73 Å². The molecule has 2 N–H and O–H groups in total. The van der Waals surface area contributed by atoms with Crippen molar-refractivity contribution in [2.24, 2.45) is 5.73 Å². The van der Waals surface area contributed by atoms with Gasteiger partial charge in [0.25, 0.3) is 0 Å². The molecule has 1 nitrogen and oxygen atoms in total. The molecule has 0 atom stereocenters. The van der Waals surface area contributed by atoms with Gasteiger partial charge in [-0.15, -0.1) is 0 Å². The average molecular weight is 231 g/mol. The quantitative estimate of drug-likeness (QED) is 0.858. The fourth-order valence-corrected chi connectivity index (χ4v) is 2.35. The van der Waals surface area contributed by atoms with Crippen molar-refractivity contribution in [1.82, 2.24) is 0 Å². The Hall–Kier alpha value is -1.41. The number of nitrogens with two attached hydrogens (primary N) is 1. The van der Waals surface area contributed by atoms with Gasteiger partial charge in [-0.05, 0) is 35.4 Å². The predicted octanol–water partition coefficient (Wildman–Crippen LogP) is 3.61. The Bertz CT molecular complexity index is 531.